The van der Waals surface area contributed by atoms with Crippen molar-refractivity contribution in [2.45, 2.75) is 64.6 Å². The molecule has 0 saturated heterocycles. The van der Waals surface area contributed by atoms with Crippen LogP contribution in [0, 0.1) is 28.6 Å². The van der Waals surface area contributed by atoms with Crippen molar-refractivity contribution in [2.75, 3.05) is 6.61 Å². The van der Waals surface area contributed by atoms with Gasteiger partial charge >= 0.3 is 5.97 Å². The molecule has 0 amide bonds. The summed E-state index contributed by atoms with van der Waals surface area (Å²) in [5, 5.41) is 22.9. The van der Waals surface area contributed by atoms with Crippen LogP contribution in [0.3, 0.4) is 0 Å². The number of hydrogen-bond donors (Lipinski definition) is 2. The molecular formula is C25H32O6. The van der Waals surface area contributed by atoms with Crippen LogP contribution in [0.4, 0.5) is 0 Å². The first kappa shape index (κ1) is 22.2. The Bertz CT molecular complexity index is 915. The second kappa shape index (κ2) is 7.24. The van der Waals surface area contributed by atoms with Gasteiger partial charge in [0.25, 0.3) is 0 Å². The molecule has 0 aromatic heterocycles. The van der Waals surface area contributed by atoms with Crippen molar-refractivity contribution in [1.29, 1.82) is 0 Å². The van der Waals surface area contributed by atoms with E-state index in [9.17, 15) is 24.6 Å². The number of hydrogen-bond acceptors (Lipinski definition) is 6. The second-order valence-electron chi connectivity index (χ2n) is 10.4. The minimum atomic E-state index is -1.64. The molecular weight excluding hydrogens is 396 g/mol. The van der Waals surface area contributed by atoms with E-state index in [4.69, 9.17) is 4.74 Å². The number of Topliss-reactive ketones (excluding diaryl/α,β-unsaturated/α-hetero) is 1. The molecule has 4 aliphatic rings. The smallest absolute Gasteiger partial charge is 0.333 e. The molecule has 3 saturated carbocycles. The van der Waals surface area contributed by atoms with Crippen LogP contribution >= 0.6 is 0 Å². The van der Waals surface area contributed by atoms with Crippen molar-refractivity contribution < 1.29 is 29.3 Å². The van der Waals surface area contributed by atoms with Crippen LogP contribution in [-0.4, -0.2) is 46.1 Å². The highest BCUT2D eigenvalue weighted by Gasteiger charge is 2.68. The van der Waals surface area contributed by atoms with Crippen molar-refractivity contribution in [1.82, 2.24) is 0 Å². The Kier molecular flexibility index (Phi) is 5.17. The van der Waals surface area contributed by atoms with Crippen LogP contribution in [0.15, 0.2) is 36.0 Å². The predicted octanol–water partition coefficient (Wildman–Crippen LogP) is 2.68. The molecule has 0 bridgehead atoms. The van der Waals surface area contributed by atoms with Crippen LogP contribution in [0.2, 0.25) is 0 Å². The van der Waals surface area contributed by atoms with Gasteiger partial charge in [0.15, 0.2) is 12.4 Å². The van der Waals surface area contributed by atoms with Crippen molar-refractivity contribution in [3.8, 4) is 0 Å². The highest BCUT2D eigenvalue weighted by atomic mass is 16.5. The molecule has 0 aromatic rings. The molecule has 3 fully saturated rings. The lowest BCUT2D eigenvalue weighted by atomic mass is 9.46. The van der Waals surface area contributed by atoms with Crippen LogP contribution in [-0.2, 0) is 19.1 Å². The molecule has 0 spiro atoms. The van der Waals surface area contributed by atoms with Crippen molar-refractivity contribution in [3.05, 3.63) is 36.0 Å². The Morgan fingerprint density at radius 3 is 2.68 bits per heavy atom. The van der Waals surface area contributed by atoms with Gasteiger partial charge in [-0.05, 0) is 63.0 Å². The molecule has 4 rings (SSSR count). The van der Waals surface area contributed by atoms with Gasteiger partial charge in [-0.2, -0.15) is 0 Å². The summed E-state index contributed by atoms with van der Waals surface area (Å²) in [5.74, 6) is -1.04. The molecule has 6 heteroatoms. The van der Waals surface area contributed by atoms with Crippen molar-refractivity contribution in [3.63, 3.8) is 0 Å². The van der Waals surface area contributed by atoms with E-state index in [1.54, 1.807) is 12.2 Å². The lowest BCUT2D eigenvalue weighted by Crippen LogP contribution is -2.61. The number of aliphatic hydroxyl groups is 2. The summed E-state index contributed by atoms with van der Waals surface area (Å²) in [6.45, 7) is 8.51. The van der Waals surface area contributed by atoms with Gasteiger partial charge in [-0.3, -0.25) is 9.59 Å². The number of fused-ring (bicyclic) bond motifs is 5. The fourth-order valence-electron chi connectivity index (χ4n) is 7.16. The maximum atomic E-state index is 13.1. The number of aliphatic hydroxyl groups excluding tert-OH is 1. The van der Waals surface area contributed by atoms with Gasteiger partial charge in [0.1, 0.15) is 5.60 Å². The van der Waals surface area contributed by atoms with Gasteiger partial charge in [-0.1, -0.05) is 32.1 Å². The van der Waals surface area contributed by atoms with Crippen molar-refractivity contribution in [2.24, 2.45) is 28.6 Å². The molecule has 0 aromatic carbocycles. The predicted molar refractivity (Wildman–Crippen MR) is 114 cm³/mol. The van der Waals surface area contributed by atoms with Crippen molar-refractivity contribution >= 4 is 17.5 Å². The number of rotatable bonds is 4. The first-order chi connectivity index (χ1) is 14.4. The molecule has 0 radical (unpaired) electrons. The Hall–Kier alpha value is -2.05. The van der Waals surface area contributed by atoms with Crippen LogP contribution < -0.4 is 0 Å². The Morgan fingerprint density at radius 2 is 2.00 bits per heavy atom. The van der Waals surface area contributed by atoms with Gasteiger partial charge in [-0.15, -0.1) is 0 Å². The molecule has 7 atom stereocenters. The topological polar surface area (TPSA) is 101 Å². The van der Waals surface area contributed by atoms with E-state index in [0.717, 1.165) is 18.4 Å². The number of esters is 1. The minimum absolute atomic E-state index is 0.00814. The highest BCUT2D eigenvalue weighted by molar-refractivity contribution is 6.01. The van der Waals surface area contributed by atoms with E-state index in [0.29, 0.717) is 19.3 Å². The molecule has 0 unspecified atom stereocenters. The lowest BCUT2D eigenvalue weighted by molar-refractivity contribution is -0.180. The average molecular weight is 429 g/mol. The Morgan fingerprint density at radius 1 is 1.29 bits per heavy atom. The number of allylic oxidation sites excluding steroid dienone is 4. The molecule has 168 valence electrons. The number of carbonyl (C=O) groups is 3. The number of ether oxygens (including phenoxy) is 1. The van der Waals surface area contributed by atoms with Gasteiger partial charge < -0.3 is 14.9 Å². The first-order valence-corrected chi connectivity index (χ1v) is 11.1. The van der Waals surface area contributed by atoms with Crippen LogP contribution in [0.1, 0.15) is 52.9 Å². The number of ketones is 2. The standard InChI is InChI=1S/C25H32O6/c1-14(2)22(29)31-13-20(28)25(30)10-8-18-17-6-5-15-11-16(26)7-9-23(15,3)21(17)19(27)12-24(18,25)4/h7,9,11,17-19,21,27,30H,1,5-6,8,10,12-13H2,2-4H3/t17-,18-,19-,21+,23-,24-,25-/m0/s1. The maximum absolute atomic E-state index is 13.1. The summed E-state index contributed by atoms with van der Waals surface area (Å²) >= 11 is 0. The van der Waals surface area contributed by atoms with Crippen LogP contribution in [0.5, 0.6) is 0 Å². The normalized spacial score (nSPS) is 43.4. The summed E-state index contributed by atoms with van der Waals surface area (Å²) in [5.41, 5.74) is -1.57. The summed E-state index contributed by atoms with van der Waals surface area (Å²) in [4.78, 5) is 36.7. The molecule has 2 N–H and O–H groups in total. The van der Waals surface area contributed by atoms with E-state index in [1.807, 2.05) is 13.0 Å². The zero-order valence-electron chi connectivity index (χ0n) is 18.5. The van der Waals surface area contributed by atoms with Gasteiger partial charge in [-0.25, -0.2) is 4.79 Å². The third-order valence-corrected chi connectivity index (χ3v) is 8.79. The van der Waals surface area contributed by atoms with Gasteiger partial charge in [0.05, 0.1) is 6.10 Å². The quantitative estimate of drug-likeness (QED) is 0.527. The third-order valence-electron chi connectivity index (χ3n) is 8.79. The van der Waals surface area contributed by atoms with Gasteiger partial charge in [0, 0.05) is 22.3 Å². The monoisotopic (exact) mass is 428 g/mol. The average Bonchev–Trinajstić information content (AvgIpc) is 2.97. The zero-order chi connectivity index (χ0) is 22.8. The molecule has 0 heterocycles. The minimum Gasteiger partial charge on any atom is -0.454 e. The lowest BCUT2D eigenvalue weighted by Gasteiger charge is -2.59. The molecule has 4 aliphatic carbocycles. The summed E-state index contributed by atoms with van der Waals surface area (Å²) in [6.07, 6.45) is 7.39. The number of carbonyl (C=O) groups excluding carboxylic acids is 3. The summed E-state index contributed by atoms with van der Waals surface area (Å²) in [6, 6.07) is 0. The molecule has 6 nitrogen and oxygen atoms in total. The fourth-order valence-corrected chi connectivity index (χ4v) is 7.16. The van der Waals surface area contributed by atoms with E-state index < -0.39 is 35.5 Å². The fraction of sp³-hybridized carbons (Fsp3) is 0.640. The maximum Gasteiger partial charge on any atom is 0.333 e. The SMILES string of the molecule is C=C(C)C(=O)OCC(=O)[C@@]1(O)CC[C@H]2[C@@H]3CCC4=CC(=O)C=C[C@]4(C)[C@H]3[C@@H](O)C[C@@]21C. The zero-order valence-corrected chi connectivity index (χ0v) is 18.5. The van der Waals surface area contributed by atoms with E-state index in [-0.39, 0.29) is 34.5 Å². The first-order valence-electron chi connectivity index (χ1n) is 11.1. The largest absolute Gasteiger partial charge is 0.454 e. The second-order valence-corrected chi connectivity index (χ2v) is 10.4. The molecule has 31 heavy (non-hydrogen) atoms. The summed E-state index contributed by atoms with van der Waals surface area (Å²) < 4.78 is 5.04. The Labute approximate surface area is 183 Å². The Balaban J connectivity index is 1.62. The van der Waals surface area contributed by atoms with E-state index in [1.165, 1.54) is 6.92 Å². The van der Waals surface area contributed by atoms with Crippen LogP contribution in [0.25, 0.3) is 0 Å². The third kappa shape index (κ3) is 3.10. The highest BCUT2D eigenvalue weighted by Crippen LogP contribution is 2.67. The molecule has 0 aliphatic heterocycles. The summed E-state index contributed by atoms with van der Waals surface area (Å²) in [7, 11) is 0. The van der Waals surface area contributed by atoms with E-state index in [2.05, 4.69) is 13.5 Å². The van der Waals surface area contributed by atoms with Gasteiger partial charge in [0.2, 0.25) is 5.78 Å². The van der Waals surface area contributed by atoms with E-state index >= 15 is 0 Å².